The number of hydroxylamine groups is 1. The molecule has 0 aliphatic carbocycles. The molecule has 3 nitrogen and oxygen atoms in total. The molecular weight excluding hydrogens is 286 g/mol. The van der Waals surface area contributed by atoms with E-state index < -0.39 is 0 Å². The van der Waals surface area contributed by atoms with Gasteiger partial charge in [0.1, 0.15) is 0 Å². The van der Waals surface area contributed by atoms with Gasteiger partial charge in [0.15, 0.2) is 0 Å². The van der Waals surface area contributed by atoms with Crippen molar-refractivity contribution < 1.29 is 9.63 Å². The fourth-order valence-corrected chi connectivity index (χ4v) is 2.70. The molecule has 0 atom stereocenters. The highest BCUT2D eigenvalue weighted by molar-refractivity contribution is 5.74. The minimum absolute atomic E-state index is 0.0132. The van der Waals surface area contributed by atoms with E-state index in [1.54, 1.807) is 0 Å². The summed E-state index contributed by atoms with van der Waals surface area (Å²) >= 11 is 0. The van der Waals surface area contributed by atoms with E-state index in [0.717, 1.165) is 12.8 Å². The van der Waals surface area contributed by atoms with Crippen LogP contribution >= 0.6 is 0 Å². The zero-order valence-corrected chi connectivity index (χ0v) is 15.6. The topological polar surface area (TPSA) is 38.3 Å². The number of carbonyl (C=O) groups excluding carboxylic acids is 1. The van der Waals surface area contributed by atoms with E-state index >= 15 is 0 Å². The summed E-state index contributed by atoms with van der Waals surface area (Å²) in [4.78, 5) is 15.7. The van der Waals surface area contributed by atoms with Crippen LogP contribution in [0.1, 0.15) is 103 Å². The third kappa shape index (κ3) is 19.1. The van der Waals surface area contributed by atoms with Gasteiger partial charge >= 0.3 is 0 Å². The normalized spacial score (nSPS) is 11.2. The van der Waals surface area contributed by atoms with Gasteiger partial charge in [0.2, 0.25) is 5.91 Å². The predicted molar refractivity (Wildman–Crippen MR) is 99.2 cm³/mol. The minimum Gasteiger partial charge on any atom is -0.277 e. The Labute approximate surface area is 144 Å². The zero-order chi connectivity index (χ0) is 17.0. The molecule has 1 amide bonds. The standard InChI is InChI=1S/C20H39NO2/c1-3-4-5-6-7-8-9-10-11-12-13-14-15-16-17-18-19-20(22)21-23-2/h11-12H,3-10,13-19H2,1-2H3,(H,21,22)/b12-11-. The van der Waals surface area contributed by atoms with Gasteiger partial charge in [-0.1, -0.05) is 76.9 Å². The maximum Gasteiger partial charge on any atom is 0.243 e. The molecule has 0 aliphatic rings. The quantitative estimate of drug-likeness (QED) is 0.199. The lowest BCUT2D eigenvalue weighted by Crippen LogP contribution is -2.21. The summed E-state index contributed by atoms with van der Waals surface area (Å²) in [5.41, 5.74) is 2.35. The number of allylic oxidation sites excluding steroid dienone is 2. The molecule has 0 aromatic carbocycles. The molecule has 0 radical (unpaired) electrons. The van der Waals surface area contributed by atoms with Crippen molar-refractivity contribution in [3.63, 3.8) is 0 Å². The highest BCUT2D eigenvalue weighted by Crippen LogP contribution is 2.10. The first-order valence-electron chi connectivity index (χ1n) is 9.78. The van der Waals surface area contributed by atoms with Crippen LogP contribution in [0.5, 0.6) is 0 Å². The fourth-order valence-electron chi connectivity index (χ4n) is 2.70. The van der Waals surface area contributed by atoms with Crippen molar-refractivity contribution in [2.45, 2.75) is 103 Å². The Bertz CT molecular complexity index is 277. The van der Waals surface area contributed by atoms with Crippen molar-refractivity contribution in [3.8, 4) is 0 Å². The van der Waals surface area contributed by atoms with E-state index in [1.807, 2.05) is 0 Å². The first kappa shape index (κ1) is 22.2. The number of carbonyl (C=O) groups is 1. The molecule has 3 heteroatoms. The Balaban J connectivity index is 3.12. The summed E-state index contributed by atoms with van der Waals surface area (Å²) < 4.78 is 0. The maximum absolute atomic E-state index is 11.1. The van der Waals surface area contributed by atoms with E-state index in [0.29, 0.717) is 6.42 Å². The molecular formula is C20H39NO2. The number of unbranched alkanes of at least 4 members (excludes halogenated alkanes) is 12. The van der Waals surface area contributed by atoms with Crippen molar-refractivity contribution in [2.75, 3.05) is 7.11 Å². The number of nitrogens with one attached hydrogen (secondary N) is 1. The van der Waals surface area contributed by atoms with Gasteiger partial charge in [-0.25, -0.2) is 5.48 Å². The van der Waals surface area contributed by atoms with E-state index in [9.17, 15) is 4.79 Å². The highest BCUT2D eigenvalue weighted by atomic mass is 16.6. The third-order valence-electron chi connectivity index (χ3n) is 4.13. The molecule has 23 heavy (non-hydrogen) atoms. The van der Waals surface area contributed by atoms with Crippen LogP contribution in [0.25, 0.3) is 0 Å². The number of hydrogen-bond acceptors (Lipinski definition) is 2. The maximum atomic E-state index is 11.1. The molecule has 0 heterocycles. The second kappa shape index (κ2) is 19.2. The first-order valence-corrected chi connectivity index (χ1v) is 9.78. The van der Waals surface area contributed by atoms with E-state index in [2.05, 4.69) is 29.4 Å². The van der Waals surface area contributed by atoms with Crippen LogP contribution in [0.3, 0.4) is 0 Å². The van der Waals surface area contributed by atoms with Crippen LogP contribution in [-0.2, 0) is 9.63 Å². The number of hydrogen-bond donors (Lipinski definition) is 1. The zero-order valence-electron chi connectivity index (χ0n) is 15.6. The van der Waals surface area contributed by atoms with Crippen molar-refractivity contribution in [1.29, 1.82) is 0 Å². The van der Waals surface area contributed by atoms with E-state index in [1.165, 1.54) is 84.2 Å². The largest absolute Gasteiger partial charge is 0.277 e. The van der Waals surface area contributed by atoms with Crippen molar-refractivity contribution >= 4 is 5.91 Å². The lowest BCUT2D eigenvalue weighted by molar-refractivity contribution is -0.131. The summed E-state index contributed by atoms with van der Waals surface area (Å²) in [6.07, 6.45) is 23.4. The average molecular weight is 326 g/mol. The van der Waals surface area contributed by atoms with Gasteiger partial charge in [-0.2, -0.15) is 0 Å². The summed E-state index contributed by atoms with van der Waals surface area (Å²) in [5, 5.41) is 0. The second-order valence-electron chi connectivity index (χ2n) is 6.42. The third-order valence-corrected chi connectivity index (χ3v) is 4.13. The van der Waals surface area contributed by atoms with Gasteiger partial charge in [-0.3, -0.25) is 9.63 Å². The summed E-state index contributed by atoms with van der Waals surface area (Å²) in [7, 11) is 1.47. The van der Waals surface area contributed by atoms with Gasteiger partial charge in [-0.05, 0) is 32.1 Å². The predicted octanol–water partition coefficient (Wildman–Crippen LogP) is 6.09. The summed E-state index contributed by atoms with van der Waals surface area (Å²) in [6, 6.07) is 0. The number of rotatable bonds is 17. The Morgan fingerprint density at radius 2 is 1.26 bits per heavy atom. The van der Waals surface area contributed by atoms with Crippen LogP contribution in [0.2, 0.25) is 0 Å². The van der Waals surface area contributed by atoms with Gasteiger partial charge in [-0.15, -0.1) is 0 Å². The molecule has 0 fully saturated rings. The average Bonchev–Trinajstić information content (AvgIpc) is 2.54. The van der Waals surface area contributed by atoms with E-state index in [4.69, 9.17) is 0 Å². The van der Waals surface area contributed by atoms with Crippen molar-refractivity contribution in [1.82, 2.24) is 5.48 Å². The molecule has 0 spiro atoms. The van der Waals surface area contributed by atoms with Crippen molar-refractivity contribution in [2.24, 2.45) is 0 Å². The van der Waals surface area contributed by atoms with Crippen molar-refractivity contribution in [3.05, 3.63) is 12.2 Å². The van der Waals surface area contributed by atoms with Crippen LogP contribution < -0.4 is 5.48 Å². The molecule has 136 valence electrons. The molecule has 0 bridgehead atoms. The molecule has 0 saturated heterocycles. The Morgan fingerprint density at radius 3 is 1.78 bits per heavy atom. The fraction of sp³-hybridized carbons (Fsp3) is 0.850. The van der Waals surface area contributed by atoms with Gasteiger partial charge in [0, 0.05) is 6.42 Å². The number of amides is 1. The first-order chi connectivity index (χ1) is 11.3. The van der Waals surface area contributed by atoms with Gasteiger partial charge < -0.3 is 0 Å². The molecule has 0 unspecified atom stereocenters. The second-order valence-corrected chi connectivity index (χ2v) is 6.42. The highest BCUT2D eigenvalue weighted by Gasteiger charge is 1.98. The molecule has 0 saturated carbocycles. The Morgan fingerprint density at radius 1 is 0.783 bits per heavy atom. The van der Waals surface area contributed by atoms with Crippen LogP contribution in [-0.4, -0.2) is 13.0 Å². The molecule has 1 N–H and O–H groups in total. The van der Waals surface area contributed by atoms with Crippen LogP contribution in [0.4, 0.5) is 0 Å². The molecule has 0 rings (SSSR count). The smallest absolute Gasteiger partial charge is 0.243 e. The Kier molecular flexibility index (Phi) is 18.5. The molecule has 0 aromatic rings. The van der Waals surface area contributed by atoms with Gasteiger partial charge in [0.25, 0.3) is 0 Å². The van der Waals surface area contributed by atoms with Crippen LogP contribution in [0.15, 0.2) is 12.2 Å². The SMILES string of the molecule is CCCCCCCCC/C=C\CCCCCCCC(=O)NOC. The lowest BCUT2D eigenvalue weighted by atomic mass is 10.1. The summed E-state index contributed by atoms with van der Waals surface area (Å²) in [5.74, 6) is -0.0132. The van der Waals surface area contributed by atoms with Gasteiger partial charge in [0.05, 0.1) is 7.11 Å². The monoisotopic (exact) mass is 325 g/mol. The minimum atomic E-state index is -0.0132. The summed E-state index contributed by atoms with van der Waals surface area (Å²) in [6.45, 7) is 2.27. The van der Waals surface area contributed by atoms with Crippen LogP contribution in [0, 0.1) is 0 Å². The lowest BCUT2D eigenvalue weighted by Gasteiger charge is -2.02. The molecule has 0 aliphatic heterocycles. The molecule has 0 aromatic heterocycles. The van der Waals surface area contributed by atoms with E-state index in [-0.39, 0.29) is 5.91 Å². The Hall–Kier alpha value is -0.830.